The van der Waals surface area contributed by atoms with Crippen molar-refractivity contribution in [1.82, 2.24) is 15.1 Å². The van der Waals surface area contributed by atoms with Crippen molar-refractivity contribution in [2.75, 3.05) is 13.1 Å². The van der Waals surface area contributed by atoms with Crippen LogP contribution in [0.4, 0.5) is 4.39 Å². The highest BCUT2D eigenvalue weighted by Gasteiger charge is 2.28. The first-order valence-electron chi connectivity index (χ1n) is 8.72. The van der Waals surface area contributed by atoms with Gasteiger partial charge in [0.15, 0.2) is 0 Å². The van der Waals surface area contributed by atoms with Crippen LogP contribution in [0.25, 0.3) is 11.5 Å². The second kappa shape index (κ2) is 8.81. The molecule has 27 heavy (non-hydrogen) atoms. The van der Waals surface area contributed by atoms with Gasteiger partial charge in [-0.05, 0) is 43.3 Å². The van der Waals surface area contributed by atoms with Gasteiger partial charge in [0.2, 0.25) is 5.91 Å². The van der Waals surface area contributed by atoms with Crippen molar-refractivity contribution in [3.63, 3.8) is 0 Å². The molecule has 0 aliphatic heterocycles. The Balaban J connectivity index is 1.89. The lowest BCUT2D eigenvalue weighted by Gasteiger charge is -2.24. The number of thioether (sulfide) groups is 1. The minimum Gasteiger partial charge on any atom is -0.411 e. The Morgan fingerprint density at radius 1 is 1.07 bits per heavy atom. The van der Waals surface area contributed by atoms with E-state index in [1.807, 2.05) is 44.2 Å². The number of rotatable bonds is 7. The molecule has 0 bridgehead atoms. The lowest BCUT2D eigenvalue weighted by Crippen LogP contribution is -2.33. The molecule has 1 atom stereocenters. The normalized spacial score (nSPS) is 12.0. The van der Waals surface area contributed by atoms with E-state index in [1.54, 1.807) is 23.1 Å². The van der Waals surface area contributed by atoms with Gasteiger partial charge in [0.05, 0.1) is 5.56 Å². The molecule has 0 aliphatic rings. The van der Waals surface area contributed by atoms with E-state index in [1.165, 1.54) is 17.8 Å². The van der Waals surface area contributed by atoms with Gasteiger partial charge in [-0.3, -0.25) is 4.79 Å². The number of aromatic nitrogens is 2. The third-order valence-corrected chi connectivity index (χ3v) is 5.21. The molecule has 0 radical (unpaired) electrons. The summed E-state index contributed by atoms with van der Waals surface area (Å²) in [6.07, 6.45) is 0. The van der Waals surface area contributed by atoms with Crippen molar-refractivity contribution in [2.24, 2.45) is 0 Å². The molecule has 1 amide bonds. The van der Waals surface area contributed by atoms with Gasteiger partial charge in [-0.2, -0.15) is 0 Å². The fourth-order valence-corrected chi connectivity index (χ4v) is 3.65. The number of carbonyl (C=O) groups excluding carboxylic acids is 1. The molecule has 1 aromatic heterocycles. The summed E-state index contributed by atoms with van der Waals surface area (Å²) in [5, 5.41) is 7.65. The van der Waals surface area contributed by atoms with Crippen LogP contribution in [0.15, 0.2) is 64.2 Å². The first-order chi connectivity index (χ1) is 13.1. The van der Waals surface area contributed by atoms with E-state index < -0.39 is 11.1 Å². The molecule has 3 aromatic rings. The van der Waals surface area contributed by atoms with Crippen molar-refractivity contribution in [3.05, 3.63) is 66.0 Å². The fourth-order valence-electron chi connectivity index (χ4n) is 2.69. The third kappa shape index (κ3) is 4.36. The molecule has 2 aromatic carbocycles. The van der Waals surface area contributed by atoms with Gasteiger partial charge in [-0.15, -0.1) is 10.2 Å². The highest BCUT2D eigenvalue weighted by molar-refractivity contribution is 8.00. The number of carbonyl (C=O) groups is 1. The van der Waals surface area contributed by atoms with Gasteiger partial charge in [-0.25, -0.2) is 4.39 Å². The van der Waals surface area contributed by atoms with Gasteiger partial charge in [-0.1, -0.05) is 42.5 Å². The van der Waals surface area contributed by atoms with Gasteiger partial charge in [0.1, 0.15) is 11.1 Å². The van der Waals surface area contributed by atoms with E-state index in [0.717, 1.165) is 5.56 Å². The molecule has 5 nitrogen and oxygen atoms in total. The number of halogens is 1. The standard InChI is InChI=1S/C20H20FN3O2S/c1-3-24(4-2)19(25)17(14-10-6-5-7-11-14)27-20-23-22-18(26-20)15-12-8-9-13-16(15)21/h5-13,17H,3-4H2,1-2H3. The Labute approximate surface area is 161 Å². The van der Waals surface area contributed by atoms with Crippen LogP contribution in [0.1, 0.15) is 24.7 Å². The largest absolute Gasteiger partial charge is 0.411 e. The summed E-state index contributed by atoms with van der Waals surface area (Å²) in [5.41, 5.74) is 1.09. The van der Waals surface area contributed by atoms with Crippen LogP contribution >= 0.6 is 11.8 Å². The maximum absolute atomic E-state index is 13.9. The average molecular weight is 385 g/mol. The summed E-state index contributed by atoms with van der Waals surface area (Å²) in [6, 6.07) is 15.7. The van der Waals surface area contributed by atoms with Crippen LogP contribution in [-0.4, -0.2) is 34.1 Å². The number of hydrogen-bond donors (Lipinski definition) is 0. The van der Waals surface area contributed by atoms with E-state index in [-0.39, 0.29) is 22.6 Å². The van der Waals surface area contributed by atoms with Crippen molar-refractivity contribution < 1.29 is 13.6 Å². The van der Waals surface area contributed by atoms with E-state index in [2.05, 4.69) is 10.2 Å². The van der Waals surface area contributed by atoms with E-state index in [0.29, 0.717) is 13.1 Å². The number of benzene rings is 2. The number of hydrogen-bond acceptors (Lipinski definition) is 5. The maximum Gasteiger partial charge on any atom is 0.277 e. The summed E-state index contributed by atoms with van der Waals surface area (Å²) in [6.45, 7) is 5.11. The predicted octanol–water partition coefficient (Wildman–Crippen LogP) is 4.58. The second-order valence-corrected chi connectivity index (χ2v) is 6.83. The molecule has 0 saturated carbocycles. The minimum atomic E-state index is -0.514. The zero-order valence-electron chi connectivity index (χ0n) is 15.1. The van der Waals surface area contributed by atoms with Crippen LogP contribution in [0.3, 0.4) is 0 Å². The third-order valence-electron chi connectivity index (χ3n) is 4.13. The van der Waals surface area contributed by atoms with Crippen molar-refractivity contribution >= 4 is 17.7 Å². The van der Waals surface area contributed by atoms with Crippen LogP contribution in [0, 0.1) is 5.82 Å². The topological polar surface area (TPSA) is 59.2 Å². The zero-order valence-corrected chi connectivity index (χ0v) is 15.9. The Hall–Kier alpha value is -2.67. The first-order valence-corrected chi connectivity index (χ1v) is 9.60. The van der Waals surface area contributed by atoms with Crippen molar-refractivity contribution in [3.8, 4) is 11.5 Å². The maximum atomic E-state index is 13.9. The number of nitrogens with zero attached hydrogens (tertiary/aromatic N) is 3. The summed E-state index contributed by atoms with van der Waals surface area (Å²) in [5.74, 6) is -0.365. The number of likely N-dealkylation sites (N-methyl/N-ethyl adjacent to an activating group) is 1. The number of amides is 1. The van der Waals surface area contributed by atoms with Crippen molar-refractivity contribution in [1.29, 1.82) is 0 Å². The molecule has 0 aliphatic carbocycles. The predicted molar refractivity (Wildman–Crippen MR) is 103 cm³/mol. The Morgan fingerprint density at radius 2 is 1.74 bits per heavy atom. The molecule has 0 fully saturated rings. The molecule has 7 heteroatoms. The SMILES string of the molecule is CCN(CC)C(=O)C(Sc1nnc(-c2ccccc2F)o1)c1ccccc1. The highest BCUT2D eigenvalue weighted by atomic mass is 32.2. The molecule has 0 spiro atoms. The van der Waals surface area contributed by atoms with Gasteiger partial charge in [0.25, 0.3) is 11.1 Å². The monoisotopic (exact) mass is 385 g/mol. The highest BCUT2D eigenvalue weighted by Crippen LogP contribution is 2.37. The molecule has 0 N–H and O–H groups in total. The molecular formula is C20H20FN3O2S. The van der Waals surface area contributed by atoms with E-state index in [9.17, 15) is 9.18 Å². The van der Waals surface area contributed by atoms with Gasteiger partial charge >= 0.3 is 0 Å². The summed E-state index contributed by atoms with van der Waals surface area (Å²) >= 11 is 1.18. The second-order valence-electron chi connectivity index (χ2n) is 5.77. The quantitative estimate of drug-likeness (QED) is 0.557. The van der Waals surface area contributed by atoms with Crippen molar-refractivity contribution in [2.45, 2.75) is 24.3 Å². The molecule has 140 valence electrons. The molecule has 1 heterocycles. The Bertz CT molecular complexity index is 897. The van der Waals surface area contributed by atoms with Gasteiger partial charge < -0.3 is 9.32 Å². The molecule has 0 saturated heterocycles. The lowest BCUT2D eigenvalue weighted by molar-refractivity contribution is -0.130. The van der Waals surface area contributed by atoms with E-state index >= 15 is 0 Å². The first kappa shape index (κ1) is 19.1. The summed E-state index contributed by atoms with van der Waals surface area (Å²) in [7, 11) is 0. The molecule has 1 unspecified atom stereocenters. The molecular weight excluding hydrogens is 365 g/mol. The Kier molecular flexibility index (Phi) is 6.24. The Morgan fingerprint density at radius 3 is 2.41 bits per heavy atom. The van der Waals surface area contributed by atoms with Crippen LogP contribution in [0.5, 0.6) is 0 Å². The van der Waals surface area contributed by atoms with Crippen LogP contribution < -0.4 is 0 Å². The fraction of sp³-hybridized carbons (Fsp3) is 0.250. The van der Waals surface area contributed by atoms with Gasteiger partial charge in [0, 0.05) is 13.1 Å². The summed E-state index contributed by atoms with van der Waals surface area (Å²) in [4.78, 5) is 14.8. The zero-order chi connectivity index (χ0) is 19.2. The minimum absolute atomic E-state index is 0.0261. The van der Waals surface area contributed by atoms with Crippen LogP contribution in [-0.2, 0) is 4.79 Å². The van der Waals surface area contributed by atoms with Crippen LogP contribution in [0.2, 0.25) is 0 Å². The van der Waals surface area contributed by atoms with E-state index in [4.69, 9.17) is 4.42 Å². The summed E-state index contributed by atoms with van der Waals surface area (Å²) < 4.78 is 19.6. The molecule has 3 rings (SSSR count). The average Bonchev–Trinajstić information content (AvgIpc) is 3.16. The smallest absolute Gasteiger partial charge is 0.277 e. The lowest BCUT2D eigenvalue weighted by atomic mass is 10.1.